The highest BCUT2D eigenvalue weighted by Gasteiger charge is 2.47. The van der Waals surface area contributed by atoms with Crippen molar-refractivity contribution in [1.82, 2.24) is 15.1 Å². The van der Waals surface area contributed by atoms with E-state index in [1.54, 1.807) is 4.90 Å². The standard InChI is InChI=1S/C34H35N3O3S/c38-30-14-13-29(32(39)35-30)37-22-25-19-26(11-12-28(25)33(37)40)41-27-20-34(21-27)15-17-36(18-16-34)31(23-7-3-1-4-8-23)24-9-5-2-6-10-24/h1-12,19,27,29,31H,13-18,20-22H2,(H,35,38,39). The predicted octanol–water partition coefficient (Wildman–Crippen LogP) is 5.57. The molecular formula is C34H35N3O3S. The number of carbonyl (C=O) groups is 3. The molecule has 3 aliphatic heterocycles. The van der Waals surface area contributed by atoms with Crippen molar-refractivity contribution in [2.45, 2.75) is 67.3 Å². The van der Waals surface area contributed by atoms with Crippen molar-refractivity contribution in [3.05, 3.63) is 101 Å². The Morgan fingerprint density at radius 1 is 0.854 bits per heavy atom. The third-order valence-electron chi connectivity index (χ3n) is 9.57. The van der Waals surface area contributed by atoms with Crippen molar-refractivity contribution < 1.29 is 14.4 Å². The van der Waals surface area contributed by atoms with E-state index in [1.807, 2.05) is 17.8 Å². The number of carbonyl (C=O) groups excluding carboxylic acids is 3. The number of likely N-dealkylation sites (tertiary alicyclic amines) is 1. The lowest BCUT2D eigenvalue weighted by molar-refractivity contribution is -0.136. The lowest BCUT2D eigenvalue weighted by Crippen LogP contribution is -2.52. The summed E-state index contributed by atoms with van der Waals surface area (Å²) in [5, 5.41) is 2.98. The highest BCUT2D eigenvalue weighted by Crippen LogP contribution is 2.55. The molecule has 41 heavy (non-hydrogen) atoms. The molecule has 1 spiro atoms. The average molecular weight is 566 g/mol. The molecule has 1 atom stereocenters. The van der Waals surface area contributed by atoms with E-state index in [0.29, 0.717) is 35.2 Å². The zero-order valence-electron chi connectivity index (χ0n) is 23.1. The van der Waals surface area contributed by atoms with Gasteiger partial charge in [-0.15, -0.1) is 11.8 Å². The lowest BCUT2D eigenvalue weighted by Gasteiger charge is -2.53. The Hall–Kier alpha value is -3.42. The molecule has 7 heteroatoms. The van der Waals surface area contributed by atoms with Gasteiger partial charge in [-0.2, -0.15) is 0 Å². The molecule has 7 rings (SSSR count). The molecule has 0 radical (unpaired) electrons. The van der Waals surface area contributed by atoms with E-state index < -0.39 is 6.04 Å². The molecule has 4 aliphatic rings. The van der Waals surface area contributed by atoms with Crippen LogP contribution in [0.5, 0.6) is 0 Å². The summed E-state index contributed by atoms with van der Waals surface area (Å²) in [6.45, 7) is 2.66. The Morgan fingerprint density at radius 2 is 1.51 bits per heavy atom. The van der Waals surface area contributed by atoms with Crippen molar-refractivity contribution in [2.75, 3.05) is 13.1 Å². The molecule has 3 heterocycles. The maximum atomic E-state index is 13.0. The fourth-order valence-corrected chi connectivity index (χ4v) is 8.97. The van der Waals surface area contributed by atoms with Crippen LogP contribution in [-0.2, 0) is 16.1 Å². The molecule has 1 unspecified atom stereocenters. The molecule has 1 N–H and O–H groups in total. The zero-order valence-corrected chi connectivity index (χ0v) is 23.9. The van der Waals surface area contributed by atoms with Gasteiger partial charge in [-0.1, -0.05) is 60.7 Å². The number of rotatable bonds is 6. The number of amides is 3. The molecular weight excluding hydrogens is 530 g/mol. The van der Waals surface area contributed by atoms with E-state index >= 15 is 0 Å². The summed E-state index contributed by atoms with van der Waals surface area (Å²) in [5.74, 6) is -0.725. The monoisotopic (exact) mass is 565 g/mol. The second kappa shape index (κ2) is 10.8. The van der Waals surface area contributed by atoms with E-state index in [4.69, 9.17) is 0 Å². The number of benzene rings is 3. The first-order chi connectivity index (χ1) is 20.0. The van der Waals surface area contributed by atoms with Gasteiger partial charge >= 0.3 is 0 Å². The summed E-state index contributed by atoms with van der Waals surface area (Å²) < 4.78 is 0. The van der Waals surface area contributed by atoms with E-state index in [9.17, 15) is 14.4 Å². The molecule has 0 aromatic heterocycles. The van der Waals surface area contributed by atoms with Crippen LogP contribution in [0.15, 0.2) is 83.8 Å². The molecule has 6 nitrogen and oxygen atoms in total. The number of hydrogen-bond donors (Lipinski definition) is 1. The van der Waals surface area contributed by atoms with Gasteiger partial charge < -0.3 is 4.90 Å². The molecule has 210 valence electrons. The number of hydrogen-bond acceptors (Lipinski definition) is 5. The molecule has 0 bridgehead atoms. The number of nitrogens with one attached hydrogen (secondary N) is 1. The van der Waals surface area contributed by atoms with E-state index in [0.717, 1.165) is 18.7 Å². The number of thioether (sulfide) groups is 1. The highest BCUT2D eigenvalue weighted by atomic mass is 32.2. The Labute approximate surface area is 245 Å². The minimum atomic E-state index is -0.565. The minimum absolute atomic E-state index is 0.107. The Morgan fingerprint density at radius 3 is 2.15 bits per heavy atom. The molecule has 1 saturated carbocycles. The molecule has 1 aliphatic carbocycles. The van der Waals surface area contributed by atoms with Crippen LogP contribution in [0.25, 0.3) is 0 Å². The summed E-state index contributed by atoms with van der Waals surface area (Å²) >= 11 is 1.94. The predicted molar refractivity (Wildman–Crippen MR) is 159 cm³/mol. The lowest BCUT2D eigenvalue weighted by atomic mass is 9.62. The van der Waals surface area contributed by atoms with Crippen LogP contribution in [-0.4, -0.2) is 51.9 Å². The van der Waals surface area contributed by atoms with E-state index in [1.165, 1.54) is 41.7 Å². The normalized spacial score (nSPS) is 22.6. The smallest absolute Gasteiger partial charge is 0.255 e. The van der Waals surface area contributed by atoms with Gasteiger partial charge in [-0.25, -0.2) is 0 Å². The van der Waals surface area contributed by atoms with Crippen LogP contribution in [0, 0.1) is 5.41 Å². The maximum Gasteiger partial charge on any atom is 0.255 e. The molecule has 3 aromatic carbocycles. The molecule has 3 aromatic rings. The van der Waals surface area contributed by atoms with Crippen LogP contribution in [0.1, 0.15) is 71.6 Å². The van der Waals surface area contributed by atoms with Gasteiger partial charge in [0.05, 0.1) is 6.04 Å². The van der Waals surface area contributed by atoms with Crippen LogP contribution in [0.4, 0.5) is 0 Å². The van der Waals surface area contributed by atoms with Gasteiger partial charge in [0.25, 0.3) is 5.91 Å². The summed E-state index contributed by atoms with van der Waals surface area (Å²) in [5.41, 5.74) is 4.84. The van der Waals surface area contributed by atoms with Gasteiger partial charge in [-0.05, 0) is 85.5 Å². The summed E-state index contributed by atoms with van der Waals surface area (Å²) in [7, 11) is 0. The van der Waals surface area contributed by atoms with E-state index in [2.05, 4.69) is 83.0 Å². The summed E-state index contributed by atoms with van der Waals surface area (Å²) in [6, 6.07) is 27.7. The highest BCUT2D eigenvalue weighted by molar-refractivity contribution is 8.00. The van der Waals surface area contributed by atoms with E-state index in [-0.39, 0.29) is 24.1 Å². The van der Waals surface area contributed by atoms with Crippen LogP contribution >= 0.6 is 11.8 Å². The van der Waals surface area contributed by atoms with Gasteiger partial charge in [-0.3, -0.25) is 24.6 Å². The first-order valence-corrected chi connectivity index (χ1v) is 15.6. The zero-order chi connectivity index (χ0) is 28.0. The topological polar surface area (TPSA) is 69.7 Å². The Kier molecular flexibility index (Phi) is 6.95. The number of imide groups is 1. The van der Waals surface area contributed by atoms with Crippen molar-refractivity contribution >= 4 is 29.5 Å². The van der Waals surface area contributed by atoms with Gasteiger partial charge in [0.1, 0.15) is 6.04 Å². The van der Waals surface area contributed by atoms with Gasteiger partial charge in [0.15, 0.2) is 0 Å². The fourth-order valence-electron chi connectivity index (χ4n) is 7.36. The SMILES string of the molecule is O=C1CCC(N2Cc3cc(SC4CC5(CCN(C(c6ccccc6)c6ccccc6)CC5)C4)ccc3C2=O)C(=O)N1. The average Bonchev–Trinajstić information content (AvgIpc) is 3.29. The third kappa shape index (κ3) is 5.10. The number of fused-ring (bicyclic) bond motifs is 1. The third-order valence-corrected chi connectivity index (χ3v) is 10.8. The van der Waals surface area contributed by atoms with Gasteiger partial charge in [0.2, 0.25) is 11.8 Å². The Balaban J connectivity index is 0.964. The Bertz CT molecular complexity index is 1420. The summed E-state index contributed by atoms with van der Waals surface area (Å²) in [4.78, 5) is 42.4. The first kappa shape index (κ1) is 26.5. The van der Waals surface area contributed by atoms with Crippen molar-refractivity contribution in [3.8, 4) is 0 Å². The fraction of sp³-hybridized carbons (Fsp3) is 0.382. The van der Waals surface area contributed by atoms with Crippen molar-refractivity contribution in [1.29, 1.82) is 0 Å². The summed E-state index contributed by atoms with van der Waals surface area (Å²) in [6.07, 6.45) is 5.62. The number of nitrogens with zero attached hydrogens (tertiary/aromatic N) is 2. The maximum absolute atomic E-state index is 13.0. The van der Waals surface area contributed by atoms with Crippen LogP contribution in [0.2, 0.25) is 0 Å². The minimum Gasteiger partial charge on any atom is -0.322 e. The quantitative estimate of drug-likeness (QED) is 0.396. The van der Waals surface area contributed by atoms with Crippen LogP contribution < -0.4 is 5.32 Å². The number of piperidine rings is 2. The second-order valence-corrected chi connectivity index (χ2v) is 13.5. The van der Waals surface area contributed by atoms with Crippen molar-refractivity contribution in [2.24, 2.45) is 5.41 Å². The van der Waals surface area contributed by atoms with Crippen LogP contribution in [0.3, 0.4) is 0 Å². The van der Waals surface area contributed by atoms with Gasteiger partial charge in [0, 0.05) is 28.7 Å². The molecule has 2 saturated heterocycles. The second-order valence-electron chi connectivity index (χ2n) is 12.1. The molecule has 3 fully saturated rings. The molecule has 3 amide bonds. The van der Waals surface area contributed by atoms with Crippen molar-refractivity contribution in [3.63, 3.8) is 0 Å². The first-order valence-electron chi connectivity index (χ1n) is 14.8. The largest absolute Gasteiger partial charge is 0.322 e.